The summed E-state index contributed by atoms with van der Waals surface area (Å²) in [5.74, 6) is 0.0771. The zero-order valence-corrected chi connectivity index (χ0v) is 14.9. The minimum atomic E-state index is -0.362. The van der Waals surface area contributed by atoms with Crippen LogP contribution in [0.5, 0.6) is 0 Å². The number of carbonyl (C=O) groups excluding carboxylic acids is 2. The fourth-order valence-electron chi connectivity index (χ4n) is 2.20. The number of nitrogens with one attached hydrogen (secondary N) is 1. The van der Waals surface area contributed by atoms with Crippen LogP contribution >= 0.6 is 15.9 Å². The van der Waals surface area contributed by atoms with Crippen LogP contribution in [0.3, 0.4) is 0 Å². The summed E-state index contributed by atoms with van der Waals surface area (Å²) in [5, 5.41) is 2.88. The highest BCUT2D eigenvalue weighted by Gasteiger charge is 2.18. The number of fused-ring (bicyclic) bond motifs is 1. The Hall–Kier alpha value is -1.89. The summed E-state index contributed by atoms with van der Waals surface area (Å²) in [6.45, 7) is 4.10. The predicted molar refractivity (Wildman–Crippen MR) is 91.4 cm³/mol. The van der Waals surface area contributed by atoms with E-state index in [9.17, 15) is 9.59 Å². The number of amides is 1. The SMILES string of the molecule is CCCCC(=O)Nc1c(CC(=O)OCC)nc2ccc(Br)cn12. The Morgan fingerprint density at radius 1 is 1.35 bits per heavy atom. The van der Waals surface area contributed by atoms with Gasteiger partial charge in [-0.3, -0.25) is 14.0 Å². The first kappa shape index (κ1) is 17.5. The van der Waals surface area contributed by atoms with E-state index in [4.69, 9.17) is 4.74 Å². The standard InChI is InChI=1S/C16H20BrN3O3/c1-3-5-6-14(21)19-16-12(9-15(22)23-4-2)18-13-8-7-11(17)10-20(13)16/h7-8,10H,3-6,9H2,1-2H3,(H,19,21). The number of carbonyl (C=O) groups is 2. The van der Waals surface area contributed by atoms with E-state index in [0.717, 1.165) is 17.3 Å². The average Bonchev–Trinajstić information content (AvgIpc) is 2.82. The monoisotopic (exact) mass is 381 g/mol. The molecule has 0 aromatic carbocycles. The molecule has 1 amide bonds. The smallest absolute Gasteiger partial charge is 0.312 e. The number of anilines is 1. The van der Waals surface area contributed by atoms with E-state index in [1.807, 2.05) is 25.3 Å². The van der Waals surface area contributed by atoms with Gasteiger partial charge in [0.1, 0.15) is 11.5 Å². The first-order valence-corrected chi connectivity index (χ1v) is 8.46. The van der Waals surface area contributed by atoms with Crippen molar-refractivity contribution in [1.82, 2.24) is 9.38 Å². The molecule has 2 rings (SSSR count). The van der Waals surface area contributed by atoms with E-state index < -0.39 is 0 Å². The molecule has 7 heteroatoms. The summed E-state index contributed by atoms with van der Waals surface area (Å²) in [4.78, 5) is 28.3. The number of nitrogens with zero attached hydrogens (tertiary/aromatic N) is 2. The number of unbranched alkanes of at least 4 members (excludes halogenated alkanes) is 1. The third-order valence-corrected chi connectivity index (χ3v) is 3.76. The van der Waals surface area contributed by atoms with Crippen molar-refractivity contribution in [3.63, 3.8) is 0 Å². The fraction of sp³-hybridized carbons (Fsp3) is 0.438. The quantitative estimate of drug-likeness (QED) is 0.746. The Bertz CT molecular complexity index is 712. The molecular formula is C16H20BrN3O3. The third-order valence-electron chi connectivity index (χ3n) is 3.29. The van der Waals surface area contributed by atoms with Gasteiger partial charge in [0.25, 0.3) is 0 Å². The van der Waals surface area contributed by atoms with Gasteiger partial charge in [-0.05, 0) is 41.4 Å². The van der Waals surface area contributed by atoms with Crippen molar-refractivity contribution in [2.24, 2.45) is 0 Å². The second kappa shape index (κ2) is 8.10. The van der Waals surface area contributed by atoms with Crippen molar-refractivity contribution in [1.29, 1.82) is 0 Å². The first-order valence-electron chi connectivity index (χ1n) is 7.67. The van der Waals surface area contributed by atoms with Crippen LogP contribution in [0.25, 0.3) is 5.65 Å². The molecule has 0 radical (unpaired) electrons. The van der Waals surface area contributed by atoms with Gasteiger partial charge in [0.15, 0.2) is 0 Å². The van der Waals surface area contributed by atoms with Crippen LogP contribution < -0.4 is 5.32 Å². The third kappa shape index (κ3) is 4.54. The molecule has 0 saturated carbocycles. The summed E-state index contributed by atoms with van der Waals surface area (Å²) in [7, 11) is 0. The van der Waals surface area contributed by atoms with Gasteiger partial charge >= 0.3 is 5.97 Å². The second-order valence-electron chi connectivity index (χ2n) is 5.12. The molecule has 0 aliphatic rings. The molecule has 0 saturated heterocycles. The number of rotatable bonds is 7. The van der Waals surface area contributed by atoms with Gasteiger partial charge in [0.05, 0.1) is 18.7 Å². The summed E-state index contributed by atoms with van der Waals surface area (Å²) < 4.78 is 7.60. The largest absolute Gasteiger partial charge is 0.466 e. The molecule has 0 spiro atoms. The number of hydrogen-bond donors (Lipinski definition) is 1. The molecule has 2 heterocycles. The van der Waals surface area contributed by atoms with Gasteiger partial charge in [0, 0.05) is 17.1 Å². The molecule has 2 aromatic heterocycles. The van der Waals surface area contributed by atoms with Crippen molar-refractivity contribution in [3.8, 4) is 0 Å². The maximum Gasteiger partial charge on any atom is 0.312 e. The van der Waals surface area contributed by atoms with Crippen molar-refractivity contribution in [2.45, 2.75) is 39.5 Å². The van der Waals surface area contributed by atoms with Gasteiger partial charge in [0.2, 0.25) is 5.91 Å². The molecule has 0 bridgehead atoms. The number of pyridine rings is 1. The highest BCUT2D eigenvalue weighted by atomic mass is 79.9. The molecule has 0 unspecified atom stereocenters. The Kier molecular flexibility index (Phi) is 6.15. The van der Waals surface area contributed by atoms with Crippen LogP contribution in [-0.4, -0.2) is 27.9 Å². The number of halogens is 1. The molecule has 23 heavy (non-hydrogen) atoms. The zero-order chi connectivity index (χ0) is 16.8. The van der Waals surface area contributed by atoms with Gasteiger partial charge in [-0.25, -0.2) is 4.98 Å². The van der Waals surface area contributed by atoms with Gasteiger partial charge in [-0.2, -0.15) is 0 Å². The molecule has 0 aliphatic heterocycles. The highest BCUT2D eigenvalue weighted by Crippen LogP contribution is 2.22. The lowest BCUT2D eigenvalue weighted by molar-refractivity contribution is -0.142. The van der Waals surface area contributed by atoms with E-state index in [2.05, 4.69) is 26.2 Å². The first-order chi connectivity index (χ1) is 11.0. The highest BCUT2D eigenvalue weighted by molar-refractivity contribution is 9.10. The Morgan fingerprint density at radius 2 is 2.13 bits per heavy atom. The fourth-order valence-corrected chi connectivity index (χ4v) is 2.54. The van der Waals surface area contributed by atoms with Crippen molar-refractivity contribution in [3.05, 3.63) is 28.5 Å². The van der Waals surface area contributed by atoms with E-state index in [-0.39, 0.29) is 18.3 Å². The molecule has 0 aliphatic carbocycles. The van der Waals surface area contributed by atoms with E-state index in [1.54, 1.807) is 11.3 Å². The Balaban J connectivity index is 2.34. The Labute approximate surface area is 143 Å². The van der Waals surface area contributed by atoms with Crippen molar-refractivity contribution in [2.75, 3.05) is 11.9 Å². The minimum Gasteiger partial charge on any atom is -0.466 e. The van der Waals surface area contributed by atoms with Crippen LogP contribution in [0.2, 0.25) is 0 Å². The number of aromatic nitrogens is 2. The van der Waals surface area contributed by atoms with E-state index in [1.165, 1.54) is 0 Å². The normalized spacial score (nSPS) is 10.7. The van der Waals surface area contributed by atoms with Crippen LogP contribution in [0.4, 0.5) is 5.82 Å². The molecule has 124 valence electrons. The number of imidazole rings is 1. The van der Waals surface area contributed by atoms with Crippen molar-refractivity contribution >= 4 is 39.3 Å². The number of ether oxygens (including phenoxy) is 1. The summed E-state index contributed by atoms with van der Waals surface area (Å²) in [6.07, 6.45) is 4.04. The lowest BCUT2D eigenvalue weighted by Gasteiger charge is -2.07. The van der Waals surface area contributed by atoms with Crippen LogP contribution in [0.15, 0.2) is 22.8 Å². The minimum absolute atomic E-state index is 0.0243. The van der Waals surface area contributed by atoms with Crippen LogP contribution in [0, 0.1) is 0 Å². The van der Waals surface area contributed by atoms with Gasteiger partial charge < -0.3 is 10.1 Å². The average molecular weight is 382 g/mol. The molecular weight excluding hydrogens is 362 g/mol. The van der Waals surface area contributed by atoms with Crippen LogP contribution in [0.1, 0.15) is 38.8 Å². The maximum atomic E-state index is 12.1. The lowest BCUT2D eigenvalue weighted by atomic mass is 10.2. The van der Waals surface area contributed by atoms with Crippen molar-refractivity contribution < 1.29 is 14.3 Å². The lowest BCUT2D eigenvalue weighted by Crippen LogP contribution is -2.16. The maximum absolute atomic E-state index is 12.1. The van der Waals surface area contributed by atoms with E-state index >= 15 is 0 Å². The summed E-state index contributed by atoms with van der Waals surface area (Å²) in [5.41, 5.74) is 1.17. The summed E-state index contributed by atoms with van der Waals surface area (Å²) in [6, 6.07) is 3.68. The molecule has 2 aromatic rings. The zero-order valence-electron chi connectivity index (χ0n) is 13.3. The van der Waals surface area contributed by atoms with Gasteiger partial charge in [-0.1, -0.05) is 13.3 Å². The molecule has 0 atom stereocenters. The molecule has 0 fully saturated rings. The molecule has 1 N–H and O–H groups in total. The number of esters is 1. The topological polar surface area (TPSA) is 72.7 Å². The van der Waals surface area contributed by atoms with Gasteiger partial charge in [-0.15, -0.1) is 0 Å². The summed E-state index contributed by atoms with van der Waals surface area (Å²) >= 11 is 3.41. The van der Waals surface area contributed by atoms with Crippen LogP contribution in [-0.2, 0) is 20.7 Å². The number of hydrogen-bond acceptors (Lipinski definition) is 4. The molecule has 6 nitrogen and oxygen atoms in total. The van der Waals surface area contributed by atoms with E-state index in [0.29, 0.717) is 30.2 Å². The Morgan fingerprint density at radius 3 is 2.83 bits per heavy atom. The predicted octanol–water partition coefficient (Wildman–Crippen LogP) is 3.33. The second-order valence-corrected chi connectivity index (χ2v) is 6.03.